The number of quaternary nitrogens is 1. The molecule has 5 nitrogen and oxygen atoms in total. The Morgan fingerprint density at radius 2 is 2.00 bits per heavy atom. The van der Waals surface area contributed by atoms with Gasteiger partial charge in [0.2, 0.25) is 0 Å². The van der Waals surface area contributed by atoms with E-state index in [2.05, 4.69) is 0 Å². The van der Waals surface area contributed by atoms with Crippen molar-refractivity contribution in [2.75, 3.05) is 7.05 Å². The highest BCUT2D eigenvalue weighted by atomic mass is 16.4. The van der Waals surface area contributed by atoms with E-state index in [1.807, 2.05) is 32.2 Å². The van der Waals surface area contributed by atoms with Crippen molar-refractivity contribution in [3.8, 4) is 5.75 Å². The first-order valence-electron chi connectivity index (χ1n) is 7.69. The third kappa shape index (κ3) is 3.29. The number of hydrogen-bond donors (Lipinski definition) is 2. The molecular weight excluding hydrogens is 294 g/mol. The molecule has 0 bridgehead atoms. The molecular formula is C18H20NO4+. The van der Waals surface area contributed by atoms with Crippen LogP contribution < -0.4 is 10.5 Å². The number of hydrogen-bond acceptors (Lipinski definition) is 4. The second-order valence-electron chi connectivity index (χ2n) is 5.81. The summed E-state index contributed by atoms with van der Waals surface area (Å²) < 4.78 is 10.6. The Balaban J connectivity index is 1.97. The van der Waals surface area contributed by atoms with E-state index < -0.39 is 5.63 Å². The smallest absolute Gasteiger partial charge is 0.336 e. The van der Waals surface area contributed by atoms with Crippen LogP contribution in [0.3, 0.4) is 0 Å². The number of aromatic hydroxyl groups is 1. The average Bonchev–Trinajstić information content (AvgIpc) is 2.99. The number of benzene rings is 1. The fraction of sp³-hybridized carbons (Fsp3) is 0.278. The van der Waals surface area contributed by atoms with E-state index in [9.17, 15) is 9.90 Å². The topological polar surface area (TPSA) is 68.0 Å². The first kappa shape index (κ1) is 15.4. The van der Waals surface area contributed by atoms with Crippen LogP contribution >= 0.6 is 0 Å². The van der Waals surface area contributed by atoms with Crippen LogP contribution in [0.1, 0.15) is 23.8 Å². The van der Waals surface area contributed by atoms with E-state index in [-0.39, 0.29) is 5.75 Å². The number of nitrogens with one attached hydrogen (secondary N) is 1. The molecule has 0 aliphatic heterocycles. The van der Waals surface area contributed by atoms with E-state index in [4.69, 9.17) is 8.83 Å². The summed E-state index contributed by atoms with van der Waals surface area (Å²) in [5, 5.41) is 10.8. The van der Waals surface area contributed by atoms with Gasteiger partial charge in [-0.3, -0.25) is 0 Å². The zero-order valence-corrected chi connectivity index (χ0v) is 13.3. The monoisotopic (exact) mass is 314 g/mol. The number of furan rings is 1. The standard InChI is InChI=1S/C18H19NO4/c1-3-12-7-15-13(8-18(21)23-17(15)9-16(12)20)10-19(2)11-14-5-4-6-22-14/h4-9,20H,3,10-11H2,1-2H3/p+1. The molecule has 5 heteroatoms. The van der Waals surface area contributed by atoms with E-state index in [0.717, 1.165) is 35.2 Å². The Labute approximate surface area is 133 Å². The van der Waals surface area contributed by atoms with Gasteiger partial charge in [-0.25, -0.2) is 4.79 Å². The van der Waals surface area contributed by atoms with Gasteiger partial charge in [0.15, 0.2) is 5.76 Å². The maximum Gasteiger partial charge on any atom is 0.336 e. The van der Waals surface area contributed by atoms with Crippen LogP contribution in [0.2, 0.25) is 0 Å². The predicted molar refractivity (Wildman–Crippen MR) is 86.5 cm³/mol. The molecule has 120 valence electrons. The van der Waals surface area contributed by atoms with Crippen LogP contribution in [0.25, 0.3) is 11.0 Å². The van der Waals surface area contributed by atoms with Gasteiger partial charge in [0, 0.05) is 23.1 Å². The molecule has 1 aromatic carbocycles. The van der Waals surface area contributed by atoms with Gasteiger partial charge in [0.1, 0.15) is 24.4 Å². The highest BCUT2D eigenvalue weighted by Gasteiger charge is 2.14. The van der Waals surface area contributed by atoms with Gasteiger partial charge in [-0.2, -0.15) is 0 Å². The zero-order chi connectivity index (χ0) is 16.4. The molecule has 0 spiro atoms. The number of fused-ring (bicyclic) bond motifs is 1. The number of aryl methyl sites for hydroxylation is 1. The number of rotatable bonds is 5. The fourth-order valence-corrected chi connectivity index (χ4v) is 2.83. The molecule has 1 unspecified atom stereocenters. The summed E-state index contributed by atoms with van der Waals surface area (Å²) in [5.74, 6) is 1.07. The van der Waals surface area contributed by atoms with E-state index in [0.29, 0.717) is 12.1 Å². The first-order chi connectivity index (χ1) is 11.1. The molecule has 2 aromatic heterocycles. The average molecular weight is 314 g/mol. The summed E-state index contributed by atoms with van der Waals surface area (Å²) >= 11 is 0. The lowest BCUT2D eigenvalue weighted by Crippen LogP contribution is -3.06. The van der Waals surface area contributed by atoms with Gasteiger partial charge in [0.05, 0.1) is 13.3 Å². The van der Waals surface area contributed by atoms with Crippen LogP contribution in [0.4, 0.5) is 0 Å². The van der Waals surface area contributed by atoms with Crippen LogP contribution in [0.5, 0.6) is 5.75 Å². The summed E-state index contributed by atoms with van der Waals surface area (Å²) in [6, 6.07) is 8.77. The van der Waals surface area contributed by atoms with Gasteiger partial charge < -0.3 is 18.8 Å². The molecule has 23 heavy (non-hydrogen) atoms. The minimum absolute atomic E-state index is 0.164. The normalized spacial score (nSPS) is 12.6. The van der Waals surface area contributed by atoms with Gasteiger partial charge in [-0.05, 0) is 30.2 Å². The van der Waals surface area contributed by atoms with Gasteiger partial charge in [-0.15, -0.1) is 0 Å². The van der Waals surface area contributed by atoms with Crippen molar-refractivity contribution in [1.82, 2.24) is 0 Å². The van der Waals surface area contributed by atoms with E-state index in [1.165, 1.54) is 17.0 Å². The van der Waals surface area contributed by atoms with Crippen molar-refractivity contribution in [2.45, 2.75) is 26.4 Å². The molecule has 0 radical (unpaired) electrons. The summed E-state index contributed by atoms with van der Waals surface area (Å²) in [4.78, 5) is 13.0. The van der Waals surface area contributed by atoms with E-state index >= 15 is 0 Å². The molecule has 0 aliphatic carbocycles. The molecule has 0 saturated heterocycles. The molecule has 0 amide bonds. The lowest BCUT2D eigenvalue weighted by molar-refractivity contribution is -0.908. The van der Waals surface area contributed by atoms with Crippen molar-refractivity contribution in [2.24, 2.45) is 0 Å². The van der Waals surface area contributed by atoms with Crippen LogP contribution in [0.15, 0.2) is 50.2 Å². The van der Waals surface area contributed by atoms with E-state index in [1.54, 1.807) is 6.26 Å². The SMILES string of the molecule is CCc1cc2c(C[NH+](C)Cc3ccco3)cc(=O)oc2cc1O. The largest absolute Gasteiger partial charge is 0.508 e. The fourth-order valence-electron chi connectivity index (χ4n) is 2.83. The molecule has 3 aromatic rings. The van der Waals surface area contributed by atoms with Crippen molar-refractivity contribution >= 4 is 11.0 Å². The number of phenols is 1. The van der Waals surface area contributed by atoms with Crippen LogP contribution in [0, 0.1) is 0 Å². The second kappa shape index (κ2) is 6.30. The lowest BCUT2D eigenvalue weighted by Gasteiger charge is -2.14. The predicted octanol–water partition coefficient (Wildman–Crippen LogP) is 1.87. The van der Waals surface area contributed by atoms with Crippen LogP contribution in [-0.4, -0.2) is 12.2 Å². The summed E-state index contributed by atoms with van der Waals surface area (Å²) in [6.07, 6.45) is 2.38. The van der Waals surface area contributed by atoms with Crippen molar-refractivity contribution in [3.05, 3.63) is 63.9 Å². The Morgan fingerprint density at radius 3 is 2.70 bits per heavy atom. The minimum atomic E-state index is -0.401. The Bertz CT molecular complexity index is 865. The van der Waals surface area contributed by atoms with Gasteiger partial charge in [0.25, 0.3) is 0 Å². The Hall–Kier alpha value is -2.53. The highest BCUT2D eigenvalue weighted by Crippen LogP contribution is 2.26. The lowest BCUT2D eigenvalue weighted by atomic mass is 10.0. The molecule has 3 rings (SSSR count). The maximum atomic E-state index is 11.8. The second-order valence-corrected chi connectivity index (χ2v) is 5.81. The number of phenolic OH excluding ortho intramolecular Hbond substituents is 1. The van der Waals surface area contributed by atoms with Crippen molar-refractivity contribution in [1.29, 1.82) is 0 Å². The molecule has 0 saturated carbocycles. The van der Waals surface area contributed by atoms with Gasteiger partial charge >= 0.3 is 5.63 Å². The Morgan fingerprint density at radius 1 is 1.17 bits per heavy atom. The highest BCUT2D eigenvalue weighted by molar-refractivity contribution is 5.82. The summed E-state index contributed by atoms with van der Waals surface area (Å²) in [7, 11) is 2.05. The zero-order valence-electron chi connectivity index (χ0n) is 13.3. The molecule has 2 heterocycles. The summed E-state index contributed by atoms with van der Waals surface area (Å²) in [6.45, 7) is 3.37. The maximum absolute atomic E-state index is 11.8. The van der Waals surface area contributed by atoms with Crippen LogP contribution in [-0.2, 0) is 19.5 Å². The molecule has 2 N–H and O–H groups in total. The van der Waals surface area contributed by atoms with Gasteiger partial charge in [-0.1, -0.05) is 6.92 Å². The Kier molecular flexibility index (Phi) is 4.21. The molecule has 0 aliphatic rings. The molecule has 0 fully saturated rings. The van der Waals surface area contributed by atoms with Crippen molar-refractivity contribution in [3.63, 3.8) is 0 Å². The minimum Gasteiger partial charge on any atom is -0.508 e. The third-order valence-electron chi connectivity index (χ3n) is 3.96. The molecule has 1 atom stereocenters. The quantitative estimate of drug-likeness (QED) is 0.706. The van der Waals surface area contributed by atoms with Crippen molar-refractivity contribution < 1.29 is 18.8 Å². The first-order valence-corrected chi connectivity index (χ1v) is 7.69. The summed E-state index contributed by atoms with van der Waals surface area (Å²) in [5.41, 5.74) is 1.78. The third-order valence-corrected chi connectivity index (χ3v) is 3.96.